The molecule has 2 atom stereocenters. The molecular weight excluding hydrogens is 238 g/mol. The van der Waals surface area contributed by atoms with Crippen molar-refractivity contribution in [3.8, 4) is 0 Å². The second-order valence-corrected chi connectivity index (χ2v) is 4.68. The number of carboxylic acid groups (broad SMARTS) is 1. The molecule has 0 amide bonds. The van der Waals surface area contributed by atoms with Crippen LogP contribution in [0.5, 0.6) is 0 Å². The Labute approximate surface area is 105 Å². The van der Waals surface area contributed by atoms with Gasteiger partial charge in [0.25, 0.3) is 0 Å². The summed E-state index contributed by atoms with van der Waals surface area (Å²) in [6, 6.07) is 3.45. The van der Waals surface area contributed by atoms with Gasteiger partial charge in [0.2, 0.25) is 0 Å². The summed E-state index contributed by atoms with van der Waals surface area (Å²) in [5.41, 5.74) is 0. The van der Waals surface area contributed by atoms with E-state index in [-0.39, 0.29) is 12.5 Å². The molecule has 0 aliphatic heterocycles. The van der Waals surface area contributed by atoms with Crippen LogP contribution in [0, 0.1) is 0 Å². The van der Waals surface area contributed by atoms with Crippen molar-refractivity contribution in [1.82, 2.24) is 5.32 Å². The smallest absolute Gasteiger partial charge is 0.303 e. The van der Waals surface area contributed by atoms with Crippen LogP contribution in [0.4, 0.5) is 0 Å². The third-order valence-electron chi connectivity index (χ3n) is 2.41. The highest BCUT2D eigenvalue weighted by Crippen LogP contribution is 2.24. The summed E-state index contributed by atoms with van der Waals surface area (Å²) in [6.07, 6.45) is 1.45. The van der Waals surface area contributed by atoms with E-state index in [2.05, 4.69) is 11.9 Å². The van der Waals surface area contributed by atoms with Crippen molar-refractivity contribution < 1.29 is 15.0 Å². The standard InChI is InChI=1S/C12H17NO3S/c1-2-7-13-9(5-6-11(14)15)12(16)10-4-3-8-17-10/h2-4,8-9,12-13,16H,1,5-7H2,(H,14,15). The lowest BCUT2D eigenvalue weighted by molar-refractivity contribution is -0.137. The lowest BCUT2D eigenvalue weighted by atomic mass is 10.0. The van der Waals surface area contributed by atoms with E-state index in [0.717, 1.165) is 4.88 Å². The van der Waals surface area contributed by atoms with Crippen molar-refractivity contribution in [2.45, 2.75) is 25.0 Å². The number of hydrogen-bond acceptors (Lipinski definition) is 4. The molecular formula is C12H17NO3S. The predicted molar refractivity (Wildman–Crippen MR) is 68.1 cm³/mol. The Kier molecular flexibility index (Phi) is 5.90. The van der Waals surface area contributed by atoms with Crippen LogP contribution in [-0.4, -0.2) is 28.8 Å². The molecule has 1 aromatic rings. The summed E-state index contributed by atoms with van der Waals surface area (Å²) < 4.78 is 0. The number of aliphatic hydroxyl groups excluding tert-OH is 1. The first-order valence-corrected chi connectivity index (χ1v) is 6.30. The van der Waals surface area contributed by atoms with Gasteiger partial charge in [0.15, 0.2) is 0 Å². The topological polar surface area (TPSA) is 69.6 Å². The molecule has 2 unspecified atom stereocenters. The number of hydrogen-bond donors (Lipinski definition) is 3. The number of nitrogens with one attached hydrogen (secondary N) is 1. The van der Waals surface area contributed by atoms with Gasteiger partial charge in [0.05, 0.1) is 0 Å². The van der Waals surface area contributed by atoms with Crippen molar-refractivity contribution in [2.75, 3.05) is 6.54 Å². The number of carboxylic acids is 1. The van der Waals surface area contributed by atoms with Gasteiger partial charge in [0.1, 0.15) is 6.10 Å². The quantitative estimate of drug-likeness (QED) is 0.619. The summed E-state index contributed by atoms with van der Waals surface area (Å²) in [4.78, 5) is 11.4. The van der Waals surface area contributed by atoms with Crippen LogP contribution in [0.25, 0.3) is 0 Å². The fourth-order valence-corrected chi connectivity index (χ4v) is 2.32. The van der Waals surface area contributed by atoms with Crippen molar-refractivity contribution in [3.05, 3.63) is 35.0 Å². The lowest BCUT2D eigenvalue weighted by Crippen LogP contribution is -2.35. The van der Waals surface area contributed by atoms with Crippen LogP contribution in [0.3, 0.4) is 0 Å². The summed E-state index contributed by atoms with van der Waals surface area (Å²) in [6.45, 7) is 4.14. The Morgan fingerprint density at radius 3 is 2.94 bits per heavy atom. The number of aliphatic hydroxyl groups is 1. The second kappa shape index (κ2) is 7.21. The molecule has 0 radical (unpaired) electrons. The van der Waals surface area contributed by atoms with Crippen molar-refractivity contribution >= 4 is 17.3 Å². The van der Waals surface area contributed by atoms with Crippen LogP contribution >= 0.6 is 11.3 Å². The van der Waals surface area contributed by atoms with Crippen molar-refractivity contribution in [1.29, 1.82) is 0 Å². The normalized spacial score (nSPS) is 14.2. The molecule has 1 heterocycles. The highest BCUT2D eigenvalue weighted by Gasteiger charge is 2.21. The molecule has 17 heavy (non-hydrogen) atoms. The minimum absolute atomic E-state index is 0.0389. The molecule has 0 spiro atoms. The van der Waals surface area contributed by atoms with Gasteiger partial charge in [-0.05, 0) is 17.9 Å². The van der Waals surface area contributed by atoms with Crippen LogP contribution in [0.2, 0.25) is 0 Å². The van der Waals surface area contributed by atoms with Crippen LogP contribution in [-0.2, 0) is 4.79 Å². The number of rotatable bonds is 8. The molecule has 94 valence electrons. The zero-order valence-electron chi connectivity index (χ0n) is 9.50. The minimum Gasteiger partial charge on any atom is -0.481 e. The number of carbonyl (C=O) groups is 1. The van der Waals surface area contributed by atoms with E-state index in [1.807, 2.05) is 17.5 Å². The molecule has 1 rings (SSSR count). The first-order chi connectivity index (χ1) is 8.15. The van der Waals surface area contributed by atoms with Gasteiger partial charge in [-0.1, -0.05) is 12.1 Å². The van der Waals surface area contributed by atoms with Crippen LogP contribution in [0.15, 0.2) is 30.2 Å². The molecule has 0 aliphatic rings. The largest absolute Gasteiger partial charge is 0.481 e. The van der Waals surface area contributed by atoms with E-state index in [1.165, 1.54) is 11.3 Å². The monoisotopic (exact) mass is 255 g/mol. The average molecular weight is 255 g/mol. The highest BCUT2D eigenvalue weighted by atomic mass is 32.1. The molecule has 0 aromatic carbocycles. The Morgan fingerprint density at radius 1 is 1.65 bits per heavy atom. The highest BCUT2D eigenvalue weighted by molar-refractivity contribution is 7.10. The number of thiophene rings is 1. The van der Waals surface area contributed by atoms with Crippen LogP contribution < -0.4 is 5.32 Å². The Balaban J connectivity index is 2.60. The van der Waals surface area contributed by atoms with Gasteiger partial charge in [-0.3, -0.25) is 4.79 Å². The zero-order valence-corrected chi connectivity index (χ0v) is 10.3. The van der Waals surface area contributed by atoms with Crippen LogP contribution in [0.1, 0.15) is 23.8 Å². The minimum atomic E-state index is -0.853. The SMILES string of the molecule is C=CCNC(CCC(=O)O)C(O)c1cccs1. The maximum Gasteiger partial charge on any atom is 0.303 e. The Hall–Kier alpha value is -1.17. The fourth-order valence-electron chi connectivity index (χ4n) is 1.54. The predicted octanol–water partition coefficient (Wildman–Crippen LogP) is 1.79. The average Bonchev–Trinajstić information content (AvgIpc) is 2.81. The van der Waals surface area contributed by atoms with Crippen molar-refractivity contribution in [2.24, 2.45) is 0 Å². The van der Waals surface area contributed by atoms with Gasteiger partial charge in [-0.2, -0.15) is 0 Å². The van der Waals surface area contributed by atoms with E-state index in [4.69, 9.17) is 5.11 Å². The van der Waals surface area contributed by atoms with E-state index in [9.17, 15) is 9.90 Å². The molecule has 0 saturated carbocycles. The van der Waals surface area contributed by atoms with Gasteiger partial charge in [-0.15, -0.1) is 17.9 Å². The summed E-state index contributed by atoms with van der Waals surface area (Å²) in [5.74, 6) is -0.853. The molecule has 4 nitrogen and oxygen atoms in total. The lowest BCUT2D eigenvalue weighted by Gasteiger charge is -2.22. The van der Waals surface area contributed by atoms with Gasteiger partial charge in [0, 0.05) is 23.9 Å². The van der Waals surface area contributed by atoms with Gasteiger partial charge < -0.3 is 15.5 Å². The Bertz CT molecular complexity index is 351. The third-order valence-corrected chi connectivity index (χ3v) is 3.35. The van der Waals surface area contributed by atoms with Gasteiger partial charge in [-0.25, -0.2) is 0 Å². The first kappa shape index (κ1) is 13.9. The van der Waals surface area contributed by atoms with E-state index in [0.29, 0.717) is 13.0 Å². The fraction of sp³-hybridized carbons (Fsp3) is 0.417. The molecule has 0 saturated heterocycles. The molecule has 0 fully saturated rings. The molecule has 1 aromatic heterocycles. The molecule has 3 N–H and O–H groups in total. The Morgan fingerprint density at radius 2 is 2.41 bits per heavy atom. The maximum absolute atomic E-state index is 10.6. The summed E-state index contributed by atoms with van der Waals surface area (Å²) in [5, 5.41) is 23.8. The van der Waals surface area contributed by atoms with E-state index >= 15 is 0 Å². The van der Waals surface area contributed by atoms with Crippen molar-refractivity contribution in [3.63, 3.8) is 0 Å². The zero-order chi connectivity index (χ0) is 12.7. The first-order valence-electron chi connectivity index (χ1n) is 5.42. The van der Waals surface area contributed by atoms with E-state index < -0.39 is 12.1 Å². The number of aliphatic carboxylic acids is 1. The summed E-state index contributed by atoms with van der Waals surface area (Å²) >= 11 is 1.46. The maximum atomic E-state index is 10.6. The molecule has 0 aliphatic carbocycles. The third kappa shape index (κ3) is 4.68. The molecule has 0 bridgehead atoms. The molecule has 5 heteroatoms. The summed E-state index contributed by atoms with van der Waals surface area (Å²) in [7, 11) is 0. The van der Waals surface area contributed by atoms with Gasteiger partial charge >= 0.3 is 5.97 Å². The van der Waals surface area contributed by atoms with E-state index in [1.54, 1.807) is 6.08 Å². The second-order valence-electron chi connectivity index (χ2n) is 3.70.